The van der Waals surface area contributed by atoms with Crippen molar-refractivity contribution in [3.8, 4) is 0 Å². The van der Waals surface area contributed by atoms with E-state index in [2.05, 4.69) is 5.32 Å². The van der Waals surface area contributed by atoms with E-state index < -0.39 is 0 Å². The minimum Gasteiger partial charge on any atom is -0.396 e. The monoisotopic (exact) mass is 330 g/mol. The summed E-state index contributed by atoms with van der Waals surface area (Å²) in [6, 6.07) is 7.31. The van der Waals surface area contributed by atoms with Gasteiger partial charge in [0.05, 0.1) is 0 Å². The lowest BCUT2D eigenvalue weighted by atomic mass is 9.95. The number of rotatable bonds is 4. The number of hydrogen-bond acceptors (Lipinski definition) is 3. The van der Waals surface area contributed by atoms with Crippen LogP contribution in [-0.4, -0.2) is 36.1 Å². The number of aliphatic hydroxyl groups excluding tert-OH is 1. The highest BCUT2D eigenvalue weighted by Crippen LogP contribution is 2.25. The number of benzene rings is 1. The molecule has 5 heteroatoms. The molecule has 1 aliphatic heterocycles. The Morgan fingerprint density at radius 2 is 2.04 bits per heavy atom. The molecule has 1 aliphatic carbocycles. The molecule has 0 radical (unpaired) electrons. The van der Waals surface area contributed by atoms with Gasteiger partial charge in [-0.1, -0.05) is 25.3 Å². The topological polar surface area (TPSA) is 69.6 Å². The zero-order valence-corrected chi connectivity index (χ0v) is 14.0. The van der Waals surface area contributed by atoms with Crippen LogP contribution in [0.2, 0.25) is 0 Å². The first-order chi connectivity index (χ1) is 11.7. The molecule has 24 heavy (non-hydrogen) atoms. The van der Waals surface area contributed by atoms with Crippen LogP contribution in [0, 0.1) is 5.92 Å². The molecule has 1 saturated heterocycles. The minimum atomic E-state index is -0.117. The highest BCUT2D eigenvalue weighted by Gasteiger charge is 2.26. The van der Waals surface area contributed by atoms with Gasteiger partial charge in [-0.3, -0.25) is 9.59 Å². The Labute approximate surface area is 143 Å². The second-order valence-corrected chi connectivity index (χ2v) is 6.86. The lowest BCUT2D eigenvalue weighted by molar-refractivity contribution is -0.117. The summed E-state index contributed by atoms with van der Waals surface area (Å²) in [4.78, 5) is 26.3. The average molecular weight is 330 g/mol. The van der Waals surface area contributed by atoms with E-state index in [0.717, 1.165) is 50.8 Å². The molecule has 1 aromatic rings. The van der Waals surface area contributed by atoms with Crippen molar-refractivity contribution in [1.82, 2.24) is 5.32 Å². The first-order valence-corrected chi connectivity index (χ1v) is 9.01. The Morgan fingerprint density at radius 3 is 2.79 bits per heavy atom. The number of anilines is 1. The standard InChI is InChI=1S/C19H26N2O3/c22-13-15-6-2-1-3-9-17(15)20-19(24)14-7-4-8-16(12-14)21-11-5-10-18(21)23/h4,7-8,12,15,17,22H,1-3,5-6,9-11,13H2,(H,20,24)/t15-,17+/m1/s1. The number of nitrogens with one attached hydrogen (secondary N) is 1. The summed E-state index contributed by atoms with van der Waals surface area (Å²) in [5, 5.41) is 12.7. The van der Waals surface area contributed by atoms with Crippen molar-refractivity contribution in [2.75, 3.05) is 18.1 Å². The Bertz CT molecular complexity index is 602. The van der Waals surface area contributed by atoms with Gasteiger partial charge in [-0.05, 0) is 37.5 Å². The number of aliphatic hydroxyl groups is 1. The predicted octanol–water partition coefficient (Wildman–Crippen LogP) is 2.48. The summed E-state index contributed by atoms with van der Waals surface area (Å²) in [5.41, 5.74) is 1.37. The lowest BCUT2D eigenvalue weighted by Gasteiger charge is -2.25. The third kappa shape index (κ3) is 3.78. The largest absolute Gasteiger partial charge is 0.396 e. The van der Waals surface area contributed by atoms with E-state index in [0.29, 0.717) is 12.0 Å². The van der Waals surface area contributed by atoms with Crippen LogP contribution in [0.3, 0.4) is 0 Å². The van der Waals surface area contributed by atoms with Crippen LogP contribution < -0.4 is 10.2 Å². The molecule has 0 bridgehead atoms. The van der Waals surface area contributed by atoms with Crippen molar-refractivity contribution >= 4 is 17.5 Å². The lowest BCUT2D eigenvalue weighted by Crippen LogP contribution is -2.41. The molecule has 1 heterocycles. The third-order valence-electron chi connectivity index (χ3n) is 5.20. The third-order valence-corrected chi connectivity index (χ3v) is 5.20. The van der Waals surface area contributed by atoms with E-state index in [1.807, 2.05) is 12.1 Å². The van der Waals surface area contributed by atoms with Crippen molar-refractivity contribution in [1.29, 1.82) is 0 Å². The number of hydrogen-bond donors (Lipinski definition) is 2. The van der Waals surface area contributed by atoms with Gasteiger partial charge in [0, 0.05) is 42.8 Å². The molecule has 2 fully saturated rings. The first kappa shape index (κ1) is 17.0. The molecule has 1 aromatic carbocycles. The normalized spacial score (nSPS) is 24.7. The zero-order valence-electron chi connectivity index (χ0n) is 14.0. The van der Waals surface area contributed by atoms with Gasteiger partial charge in [0.15, 0.2) is 0 Å². The Kier molecular flexibility index (Phi) is 5.51. The van der Waals surface area contributed by atoms with E-state index >= 15 is 0 Å². The van der Waals surface area contributed by atoms with Crippen molar-refractivity contribution < 1.29 is 14.7 Å². The number of carbonyl (C=O) groups is 2. The summed E-state index contributed by atoms with van der Waals surface area (Å²) in [6.07, 6.45) is 6.70. The van der Waals surface area contributed by atoms with E-state index in [-0.39, 0.29) is 30.4 Å². The van der Waals surface area contributed by atoms with Gasteiger partial charge in [-0.15, -0.1) is 0 Å². The van der Waals surface area contributed by atoms with Gasteiger partial charge >= 0.3 is 0 Å². The number of carbonyl (C=O) groups excluding carboxylic acids is 2. The van der Waals surface area contributed by atoms with E-state index in [4.69, 9.17) is 0 Å². The Morgan fingerprint density at radius 1 is 1.21 bits per heavy atom. The second-order valence-electron chi connectivity index (χ2n) is 6.86. The molecule has 2 aliphatic rings. The molecule has 5 nitrogen and oxygen atoms in total. The van der Waals surface area contributed by atoms with Gasteiger partial charge < -0.3 is 15.3 Å². The van der Waals surface area contributed by atoms with Crippen molar-refractivity contribution in [3.63, 3.8) is 0 Å². The highest BCUT2D eigenvalue weighted by atomic mass is 16.3. The van der Waals surface area contributed by atoms with Crippen LogP contribution in [-0.2, 0) is 4.79 Å². The summed E-state index contributed by atoms with van der Waals surface area (Å²) in [6.45, 7) is 0.840. The van der Waals surface area contributed by atoms with Crippen LogP contribution in [0.15, 0.2) is 24.3 Å². The van der Waals surface area contributed by atoms with Crippen LogP contribution in [0.25, 0.3) is 0 Å². The number of nitrogens with zero attached hydrogens (tertiary/aromatic N) is 1. The summed E-state index contributed by atoms with van der Waals surface area (Å²) in [5.74, 6) is 0.144. The maximum absolute atomic E-state index is 12.6. The van der Waals surface area contributed by atoms with Crippen LogP contribution in [0.4, 0.5) is 5.69 Å². The van der Waals surface area contributed by atoms with E-state index in [1.165, 1.54) is 0 Å². The fourth-order valence-corrected chi connectivity index (χ4v) is 3.78. The fourth-order valence-electron chi connectivity index (χ4n) is 3.78. The molecule has 1 saturated carbocycles. The molecule has 2 atom stereocenters. The second kappa shape index (κ2) is 7.79. The molecule has 2 N–H and O–H groups in total. The molecular formula is C19H26N2O3. The van der Waals surface area contributed by atoms with Crippen molar-refractivity contribution in [2.24, 2.45) is 5.92 Å². The maximum atomic E-state index is 12.6. The molecule has 0 aromatic heterocycles. The first-order valence-electron chi connectivity index (χ1n) is 9.01. The SMILES string of the molecule is O=C(N[C@H]1CCCCC[C@@H]1CO)c1cccc(N2CCCC2=O)c1. The van der Waals surface area contributed by atoms with Gasteiger partial charge in [0.1, 0.15) is 0 Å². The van der Waals surface area contributed by atoms with Crippen molar-refractivity contribution in [2.45, 2.75) is 51.0 Å². The Balaban J connectivity index is 1.71. The van der Waals surface area contributed by atoms with Gasteiger partial charge in [0.25, 0.3) is 5.91 Å². The van der Waals surface area contributed by atoms with Gasteiger partial charge in [-0.2, -0.15) is 0 Å². The number of amides is 2. The molecular weight excluding hydrogens is 304 g/mol. The molecule has 0 unspecified atom stereocenters. The smallest absolute Gasteiger partial charge is 0.251 e. The molecule has 130 valence electrons. The van der Waals surface area contributed by atoms with Gasteiger partial charge in [-0.25, -0.2) is 0 Å². The summed E-state index contributed by atoms with van der Waals surface area (Å²) >= 11 is 0. The average Bonchev–Trinajstić information content (AvgIpc) is 2.90. The zero-order chi connectivity index (χ0) is 16.9. The molecule has 2 amide bonds. The highest BCUT2D eigenvalue weighted by molar-refractivity contribution is 5.99. The van der Waals surface area contributed by atoms with E-state index in [9.17, 15) is 14.7 Å². The quantitative estimate of drug-likeness (QED) is 0.833. The van der Waals surface area contributed by atoms with Crippen LogP contribution >= 0.6 is 0 Å². The summed E-state index contributed by atoms with van der Waals surface area (Å²) < 4.78 is 0. The van der Waals surface area contributed by atoms with Gasteiger partial charge in [0.2, 0.25) is 5.91 Å². The summed E-state index contributed by atoms with van der Waals surface area (Å²) in [7, 11) is 0. The van der Waals surface area contributed by atoms with Crippen LogP contribution in [0.5, 0.6) is 0 Å². The Hall–Kier alpha value is -1.88. The van der Waals surface area contributed by atoms with Crippen LogP contribution in [0.1, 0.15) is 55.3 Å². The molecule has 0 spiro atoms. The van der Waals surface area contributed by atoms with Crippen molar-refractivity contribution in [3.05, 3.63) is 29.8 Å². The fraction of sp³-hybridized carbons (Fsp3) is 0.579. The molecule has 3 rings (SSSR count). The van der Waals surface area contributed by atoms with E-state index in [1.54, 1.807) is 17.0 Å². The maximum Gasteiger partial charge on any atom is 0.251 e. The predicted molar refractivity (Wildman–Crippen MR) is 92.9 cm³/mol. The minimum absolute atomic E-state index is 0.0297.